The molecule has 1 amide bonds. The van der Waals surface area contributed by atoms with Crippen molar-refractivity contribution in [3.05, 3.63) is 47.4 Å². The lowest BCUT2D eigenvalue weighted by Gasteiger charge is -2.31. The summed E-state index contributed by atoms with van der Waals surface area (Å²) in [5, 5.41) is 3.89. The molecule has 134 valence electrons. The van der Waals surface area contributed by atoms with Gasteiger partial charge >= 0.3 is 0 Å². The summed E-state index contributed by atoms with van der Waals surface area (Å²) in [6, 6.07) is 7.76. The van der Waals surface area contributed by atoms with E-state index < -0.39 is 5.82 Å². The Hall–Kier alpha value is -2.25. The molecule has 1 aromatic carbocycles. The Bertz CT molecular complexity index is 930. The highest BCUT2D eigenvalue weighted by Gasteiger charge is 2.28. The van der Waals surface area contributed by atoms with Crippen LogP contribution in [0.2, 0.25) is 5.02 Å². The van der Waals surface area contributed by atoms with Crippen LogP contribution in [0, 0.1) is 11.7 Å². The SMILES string of the molecule is O=C(Nc1ccc(F)cc1Cl)[C@@H]1CCCN(c2nc3cccnc3s2)C1. The summed E-state index contributed by atoms with van der Waals surface area (Å²) in [5.41, 5.74) is 1.30. The van der Waals surface area contributed by atoms with Crippen molar-refractivity contribution in [1.82, 2.24) is 9.97 Å². The van der Waals surface area contributed by atoms with Crippen LogP contribution in [0.3, 0.4) is 0 Å². The van der Waals surface area contributed by atoms with Gasteiger partial charge in [0.25, 0.3) is 0 Å². The minimum atomic E-state index is -0.429. The van der Waals surface area contributed by atoms with E-state index >= 15 is 0 Å². The van der Waals surface area contributed by atoms with E-state index in [4.69, 9.17) is 11.6 Å². The molecular weight excluding hydrogens is 375 g/mol. The number of pyridine rings is 1. The molecule has 5 nitrogen and oxygen atoms in total. The Morgan fingerprint density at radius 1 is 1.38 bits per heavy atom. The maximum atomic E-state index is 13.2. The number of amides is 1. The first-order chi connectivity index (χ1) is 12.6. The van der Waals surface area contributed by atoms with Crippen molar-refractivity contribution in [2.75, 3.05) is 23.3 Å². The second-order valence-corrected chi connectivity index (χ2v) is 7.59. The van der Waals surface area contributed by atoms with E-state index in [0.717, 1.165) is 34.9 Å². The van der Waals surface area contributed by atoms with Crippen LogP contribution >= 0.6 is 22.9 Å². The van der Waals surface area contributed by atoms with Gasteiger partial charge in [-0.05, 0) is 43.2 Å². The maximum Gasteiger partial charge on any atom is 0.229 e. The number of aromatic nitrogens is 2. The second kappa shape index (κ2) is 7.17. The number of halogens is 2. The molecule has 2 aromatic heterocycles. The summed E-state index contributed by atoms with van der Waals surface area (Å²) >= 11 is 7.54. The summed E-state index contributed by atoms with van der Waals surface area (Å²) in [7, 11) is 0. The molecule has 0 aliphatic carbocycles. The number of benzene rings is 1. The standard InChI is InChI=1S/C18H16ClFN4OS/c19-13-9-12(20)5-6-14(13)22-16(25)11-3-2-8-24(10-11)18-23-15-4-1-7-21-17(15)26-18/h1,4-7,9,11H,2-3,8,10H2,(H,22,25)/t11-/m1/s1. The smallest absolute Gasteiger partial charge is 0.229 e. The Labute approximate surface area is 158 Å². The first kappa shape index (κ1) is 17.2. The van der Waals surface area contributed by atoms with Crippen LogP contribution < -0.4 is 10.2 Å². The van der Waals surface area contributed by atoms with Gasteiger partial charge in [0.2, 0.25) is 5.91 Å². The number of fused-ring (bicyclic) bond motifs is 1. The highest BCUT2D eigenvalue weighted by atomic mass is 35.5. The van der Waals surface area contributed by atoms with E-state index in [1.807, 2.05) is 12.1 Å². The quantitative estimate of drug-likeness (QED) is 0.722. The zero-order valence-electron chi connectivity index (χ0n) is 13.8. The van der Waals surface area contributed by atoms with E-state index in [2.05, 4.69) is 20.2 Å². The molecule has 1 aliphatic heterocycles. The summed E-state index contributed by atoms with van der Waals surface area (Å²) < 4.78 is 13.2. The average molecular weight is 391 g/mol. The van der Waals surface area contributed by atoms with Gasteiger partial charge in [0.15, 0.2) is 5.13 Å². The number of nitrogens with one attached hydrogen (secondary N) is 1. The number of hydrogen-bond donors (Lipinski definition) is 1. The predicted octanol–water partition coefficient (Wildman–Crippen LogP) is 4.34. The van der Waals surface area contributed by atoms with Gasteiger partial charge in [-0.3, -0.25) is 4.79 Å². The fourth-order valence-corrected chi connectivity index (χ4v) is 4.24. The van der Waals surface area contributed by atoms with E-state index in [-0.39, 0.29) is 16.8 Å². The van der Waals surface area contributed by atoms with Gasteiger partial charge in [0.05, 0.1) is 16.6 Å². The highest BCUT2D eigenvalue weighted by molar-refractivity contribution is 7.21. The summed E-state index contributed by atoms with van der Waals surface area (Å²) in [6.07, 6.45) is 3.45. The van der Waals surface area contributed by atoms with E-state index in [1.54, 1.807) is 6.20 Å². The minimum absolute atomic E-state index is 0.109. The lowest BCUT2D eigenvalue weighted by Crippen LogP contribution is -2.40. The molecule has 4 rings (SSSR count). The number of nitrogens with zero attached hydrogens (tertiary/aromatic N) is 3. The van der Waals surface area contributed by atoms with Crippen molar-refractivity contribution in [2.24, 2.45) is 5.92 Å². The van der Waals surface area contributed by atoms with Gasteiger partial charge < -0.3 is 10.2 Å². The zero-order chi connectivity index (χ0) is 18.1. The van der Waals surface area contributed by atoms with Crippen molar-refractivity contribution in [1.29, 1.82) is 0 Å². The first-order valence-corrected chi connectivity index (χ1v) is 9.52. The number of rotatable bonds is 3. The minimum Gasteiger partial charge on any atom is -0.347 e. The van der Waals surface area contributed by atoms with Crippen LogP contribution in [0.4, 0.5) is 15.2 Å². The van der Waals surface area contributed by atoms with Crippen LogP contribution in [0.5, 0.6) is 0 Å². The molecule has 1 fully saturated rings. The Morgan fingerprint density at radius 3 is 3.08 bits per heavy atom. The topological polar surface area (TPSA) is 58.1 Å². The van der Waals surface area contributed by atoms with Crippen LogP contribution in [0.15, 0.2) is 36.5 Å². The summed E-state index contributed by atoms with van der Waals surface area (Å²) in [5.74, 6) is -0.714. The Balaban J connectivity index is 1.48. The van der Waals surface area contributed by atoms with E-state index in [1.165, 1.54) is 29.5 Å². The first-order valence-electron chi connectivity index (χ1n) is 8.32. The second-order valence-electron chi connectivity index (χ2n) is 6.22. The highest BCUT2D eigenvalue weighted by Crippen LogP contribution is 2.31. The molecular formula is C18H16ClFN4OS. The lowest BCUT2D eigenvalue weighted by molar-refractivity contribution is -0.120. The molecule has 0 spiro atoms. The van der Waals surface area contributed by atoms with Crippen molar-refractivity contribution in [3.63, 3.8) is 0 Å². The monoisotopic (exact) mass is 390 g/mol. The normalized spacial score (nSPS) is 17.5. The number of carbonyl (C=O) groups is 1. The number of hydrogen-bond acceptors (Lipinski definition) is 5. The van der Waals surface area contributed by atoms with Crippen molar-refractivity contribution < 1.29 is 9.18 Å². The number of anilines is 2. The molecule has 0 bridgehead atoms. The maximum absolute atomic E-state index is 13.2. The Morgan fingerprint density at radius 2 is 2.27 bits per heavy atom. The van der Waals surface area contributed by atoms with Gasteiger partial charge in [0.1, 0.15) is 16.2 Å². The molecule has 26 heavy (non-hydrogen) atoms. The molecule has 1 saturated heterocycles. The third kappa shape index (κ3) is 3.50. The molecule has 1 N–H and O–H groups in total. The van der Waals surface area contributed by atoms with E-state index in [0.29, 0.717) is 12.2 Å². The fourth-order valence-electron chi connectivity index (χ4n) is 3.08. The molecule has 8 heteroatoms. The van der Waals surface area contributed by atoms with Crippen molar-refractivity contribution >= 4 is 50.0 Å². The third-order valence-corrected chi connectivity index (χ3v) is 5.76. The molecule has 1 atom stereocenters. The molecule has 3 aromatic rings. The summed E-state index contributed by atoms with van der Waals surface area (Å²) in [4.78, 5) is 24.6. The number of carbonyl (C=O) groups excluding carboxylic acids is 1. The lowest BCUT2D eigenvalue weighted by atomic mass is 9.97. The van der Waals surface area contributed by atoms with E-state index in [9.17, 15) is 9.18 Å². The molecule has 0 unspecified atom stereocenters. The summed E-state index contributed by atoms with van der Waals surface area (Å²) in [6.45, 7) is 1.45. The fraction of sp³-hybridized carbons (Fsp3) is 0.278. The molecule has 0 radical (unpaired) electrons. The molecule has 1 aliphatic rings. The number of piperidine rings is 1. The largest absolute Gasteiger partial charge is 0.347 e. The molecule has 3 heterocycles. The molecule has 0 saturated carbocycles. The van der Waals surface area contributed by atoms with Gasteiger partial charge in [-0.2, -0.15) is 0 Å². The zero-order valence-corrected chi connectivity index (χ0v) is 15.4. The average Bonchev–Trinajstić information content (AvgIpc) is 3.08. The van der Waals surface area contributed by atoms with Crippen LogP contribution in [-0.2, 0) is 4.79 Å². The van der Waals surface area contributed by atoms with Crippen molar-refractivity contribution in [3.8, 4) is 0 Å². The van der Waals surface area contributed by atoms with Crippen LogP contribution in [-0.4, -0.2) is 29.0 Å². The number of thiazole rings is 1. The van der Waals surface area contributed by atoms with Gasteiger partial charge in [-0.15, -0.1) is 0 Å². The van der Waals surface area contributed by atoms with Gasteiger partial charge in [-0.1, -0.05) is 22.9 Å². The van der Waals surface area contributed by atoms with Gasteiger partial charge in [0, 0.05) is 19.3 Å². The van der Waals surface area contributed by atoms with Gasteiger partial charge in [-0.25, -0.2) is 14.4 Å². The van der Waals surface area contributed by atoms with Crippen LogP contribution in [0.25, 0.3) is 10.3 Å². The third-order valence-electron chi connectivity index (χ3n) is 4.41. The van der Waals surface area contributed by atoms with Crippen molar-refractivity contribution in [2.45, 2.75) is 12.8 Å². The Kier molecular flexibility index (Phi) is 4.74. The predicted molar refractivity (Wildman–Crippen MR) is 102 cm³/mol. The van der Waals surface area contributed by atoms with Crippen LogP contribution in [0.1, 0.15) is 12.8 Å².